The fourth-order valence-electron chi connectivity index (χ4n) is 2.60. The highest BCUT2D eigenvalue weighted by atomic mass is 32.2. The lowest BCUT2D eigenvalue weighted by Crippen LogP contribution is -2.39. The Hall–Kier alpha value is -0.710. The number of rotatable bonds is 7. The Bertz CT molecular complexity index is 314. The van der Waals surface area contributed by atoms with Crippen LogP contribution >= 0.6 is 11.8 Å². The van der Waals surface area contributed by atoms with Crippen LogP contribution in [0.5, 0.6) is 0 Å². The summed E-state index contributed by atoms with van der Waals surface area (Å²) < 4.78 is 0. The van der Waals surface area contributed by atoms with Crippen LogP contribution in [0, 0.1) is 5.41 Å². The lowest BCUT2D eigenvalue weighted by atomic mass is 9.71. The van der Waals surface area contributed by atoms with Gasteiger partial charge in [0, 0.05) is 18.2 Å². The van der Waals surface area contributed by atoms with Gasteiger partial charge in [0.05, 0.1) is 5.41 Å². The third kappa shape index (κ3) is 5.05. The summed E-state index contributed by atoms with van der Waals surface area (Å²) in [6.45, 7) is 2.76. The Labute approximate surface area is 119 Å². The van der Waals surface area contributed by atoms with Gasteiger partial charge in [0.25, 0.3) is 0 Å². The van der Waals surface area contributed by atoms with Crippen molar-refractivity contribution in [2.24, 2.45) is 5.41 Å². The van der Waals surface area contributed by atoms with E-state index in [4.69, 9.17) is 0 Å². The van der Waals surface area contributed by atoms with Crippen LogP contribution in [0.3, 0.4) is 0 Å². The summed E-state index contributed by atoms with van der Waals surface area (Å²) >= 11 is 1.77. The Morgan fingerprint density at radius 1 is 1.32 bits per heavy atom. The maximum Gasteiger partial charge on any atom is 0.310 e. The Kier molecular flexibility index (Phi) is 6.69. The quantitative estimate of drug-likeness (QED) is 0.755. The van der Waals surface area contributed by atoms with E-state index < -0.39 is 11.4 Å². The van der Waals surface area contributed by atoms with Gasteiger partial charge in [0.15, 0.2) is 0 Å². The van der Waals surface area contributed by atoms with Crippen molar-refractivity contribution < 1.29 is 14.7 Å². The molecular formula is C14H25NO3S. The molecule has 1 unspecified atom stereocenters. The van der Waals surface area contributed by atoms with Crippen LogP contribution in [-0.4, -0.2) is 35.0 Å². The second kappa shape index (κ2) is 7.78. The molecule has 2 N–H and O–H groups in total. The summed E-state index contributed by atoms with van der Waals surface area (Å²) in [5.74, 6) is -0.919. The highest BCUT2D eigenvalue weighted by Crippen LogP contribution is 2.39. The molecule has 0 saturated heterocycles. The van der Waals surface area contributed by atoms with Crippen molar-refractivity contribution in [3.05, 3.63) is 0 Å². The fraction of sp³-hybridized carbons (Fsp3) is 0.857. The lowest BCUT2D eigenvalue weighted by molar-refractivity contribution is -0.154. The van der Waals surface area contributed by atoms with E-state index in [1.54, 1.807) is 11.8 Å². The molecule has 0 heterocycles. The van der Waals surface area contributed by atoms with Gasteiger partial charge in [-0.05, 0) is 25.5 Å². The highest BCUT2D eigenvalue weighted by Gasteiger charge is 2.41. The molecule has 110 valence electrons. The molecule has 1 aliphatic carbocycles. The molecule has 4 nitrogen and oxygen atoms in total. The third-order valence-electron chi connectivity index (χ3n) is 4.04. The second-order valence-corrected chi connectivity index (χ2v) is 6.78. The maximum atomic E-state index is 11.9. The largest absolute Gasteiger partial charge is 0.481 e. The first-order chi connectivity index (χ1) is 9.00. The average molecular weight is 287 g/mol. The predicted octanol–water partition coefficient (Wildman–Crippen LogP) is 2.67. The van der Waals surface area contributed by atoms with Crippen molar-refractivity contribution in [1.29, 1.82) is 0 Å². The summed E-state index contributed by atoms with van der Waals surface area (Å²) in [6.07, 6.45) is 7.30. The van der Waals surface area contributed by atoms with Crippen LogP contribution in [0.4, 0.5) is 0 Å². The summed E-state index contributed by atoms with van der Waals surface area (Å²) in [6, 6.07) is 0. The summed E-state index contributed by atoms with van der Waals surface area (Å²) in [4.78, 5) is 23.4. The molecule has 1 rings (SSSR count). The fourth-order valence-corrected chi connectivity index (χ4v) is 2.95. The van der Waals surface area contributed by atoms with Gasteiger partial charge >= 0.3 is 5.97 Å². The standard InChI is InChI=1S/C14H25NO3S/c1-11(19-2)6-9-15-12(16)10-14(13(17)18)7-4-3-5-8-14/h11H,3-10H2,1-2H3,(H,15,16)(H,17,18). The third-order valence-corrected chi connectivity index (χ3v) is 5.08. The van der Waals surface area contributed by atoms with Gasteiger partial charge in [-0.1, -0.05) is 26.2 Å². The maximum absolute atomic E-state index is 11.9. The van der Waals surface area contributed by atoms with E-state index >= 15 is 0 Å². The topological polar surface area (TPSA) is 66.4 Å². The molecule has 0 aromatic heterocycles. The van der Waals surface area contributed by atoms with Crippen molar-refractivity contribution in [3.8, 4) is 0 Å². The van der Waals surface area contributed by atoms with E-state index in [1.165, 1.54) is 0 Å². The average Bonchev–Trinajstić information content (AvgIpc) is 2.39. The molecule has 1 fully saturated rings. The molecule has 0 aliphatic heterocycles. The Morgan fingerprint density at radius 2 is 1.95 bits per heavy atom. The van der Waals surface area contributed by atoms with Crippen LogP contribution in [0.15, 0.2) is 0 Å². The second-order valence-electron chi connectivity index (χ2n) is 5.51. The van der Waals surface area contributed by atoms with Crippen molar-refractivity contribution in [2.75, 3.05) is 12.8 Å². The molecule has 19 heavy (non-hydrogen) atoms. The molecule has 1 aliphatic rings. The summed E-state index contributed by atoms with van der Waals surface area (Å²) in [7, 11) is 0. The number of hydrogen-bond donors (Lipinski definition) is 2. The Balaban J connectivity index is 2.42. The molecule has 1 amide bonds. The smallest absolute Gasteiger partial charge is 0.310 e. The number of carbonyl (C=O) groups excluding carboxylic acids is 1. The molecule has 0 radical (unpaired) electrons. The zero-order valence-corrected chi connectivity index (χ0v) is 12.7. The summed E-state index contributed by atoms with van der Waals surface area (Å²) in [5, 5.41) is 12.8. The number of carboxylic acids is 1. The van der Waals surface area contributed by atoms with Crippen LogP contribution in [0.1, 0.15) is 51.9 Å². The number of hydrogen-bond acceptors (Lipinski definition) is 3. The lowest BCUT2D eigenvalue weighted by Gasteiger charge is -2.32. The van der Waals surface area contributed by atoms with Gasteiger partial charge in [-0.15, -0.1) is 0 Å². The number of carbonyl (C=O) groups is 2. The number of nitrogens with one attached hydrogen (secondary N) is 1. The van der Waals surface area contributed by atoms with Crippen LogP contribution in [0.2, 0.25) is 0 Å². The van der Waals surface area contributed by atoms with E-state index in [9.17, 15) is 14.7 Å². The molecule has 0 aromatic carbocycles. The molecular weight excluding hydrogens is 262 g/mol. The van der Waals surface area contributed by atoms with Crippen LogP contribution < -0.4 is 5.32 Å². The number of amides is 1. The molecule has 1 saturated carbocycles. The zero-order chi connectivity index (χ0) is 14.3. The van der Waals surface area contributed by atoms with E-state index in [2.05, 4.69) is 12.2 Å². The first kappa shape index (κ1) is 16.3. The normalized spacial score (nSPS) is 19.7. The predicted molar refractivity (Wildman–Crippen MR) is 78.4 cm³/mol. The van der Waals surface area contributed by atoms with Gasteiger partial charge < -0.3 is 10.4 Å². The van der Waals surface area contributed by atoms with Gasteiger partial charge in [0.1, 0.15) is 0 Å². The molecule has 1 atom stereocenters. The van der Waals surface area contributed by atoms with Gasteiger partial charge in [-0.25, -0.2) is 0 Å². The minimum absolute atomic E-state index is 0.113. The van der Waals surface area contributed by atoms with E-state index in [-0.39, 0.29) is 12.3 Å². The number of carboxylic acid groups (broad SMARTS) is 1. The molecule has 0 aromatic rings. The molecule has 0 spiro atoms. The van der Waals surface area contributed by atoms with Crippen molar-refractivity contribution >= 4 is 23.6 Å². The van der Waals surface area contributed by atoms with Crippen LogP contribution in [-0.2, 0) is 9.59 Å². The van der Waals surface area contributed by atoms with Crippen molar-refractivity contribution in [1.82, 2.24) is 5.32 Å². The Morgan fingerprint density at radius 3 is 2.47 bits per heavy atom. The number of thioether (sulfide) groups is 1. The highest BCUT2D eigenvalue weighted by molar-refractivity contribution is 7.99. The van der Waals surface area contributed by atoms with E-state index in [0.717, 1.165) is 25.7 Å². The monoisotopic (exact) mass is 287 g/mol. The first-order valence-corrected chi connectivity index (χ1v) is 8.32. The van der Waals surface area contributed by atoms with E-state index in [0.29, 0.717) is 24.6 Å². The van der Waals surface area contributed by atoms with Crippen LogP contribution in [0.25, 0.3) is 0 Å². The van der Waals surface area contributed by atoms with E-state index in [1.807, 2.05) is 6.26 Å². The van der Waals surface area contributed by atoms with Gasteiger partial charge in [0.2, 0.25) is 5.91 Å². The van der Waals surface area contributed by atoms with Crippen molar-refractivity contribution in [2.45, 2.75) is 57.1 Å². The number of aliphatic carboxylic acids is 1. The first-order valence-electron chi connectivity index (χ1n) is 7.03. The minimum atomic E-state index is -0.812. The molecule has 5 heteroatoms. The van der Waals surface area contributed by atoms with Gasteiger partial charge in [-0.3, -0.25) is 9.59 Å². The minimum Gasteiger partial charge on any atom is -0.481 e. The zero-order valence-electron chi connectivity index (χ0n) is 11.9. The van der Waals surface area contributed by atoms with Crippen molar-refractivity contribution in [3.63, 3.8) is 0 Å². The SMILES string of the molecule is CSC(C)CCNC(=O)CC1(C(=O)O)CCCCC1. The molecule has 0 bridgehead atoms. The van der Waals surface area contributed by atoms with Gasteiger partial charge in [-0.2, -0.15) is 11.8 Å². The summed E-state index contributed by atoms with van der Waals surface area (Å²) in [5.41, 5.74) is -0.812.